The van der Waals surface area contributed by atoms with Crippen LogP contribution < -0.4 is 10.5 Å². The first-order valence-electron chi connectivity index (χ1n) is 10.6. The average Bonchev–Trinajstić information content (AvgIpc) is 2.87. The molecule has 32 heavy (non-hydrogen) atoms. The maximum absolute atomic E-state index is 12.7. The number of pyridine rings is 2. The molecule has 7 nitrogen and oxygen atoms in total. The van der Waals surface area contributed by atoms with Gasteiger partial charge >= 0.3 is 0 Å². The second kappa shape index (κ2) is 8.72. The molecule has 7 heteroatoms. The number of nitrogens with zero attached hydrogens (tertiary/aromatic N) is 5. The molecule has 160 valence electrons. The standard InChI is InChI=1S/C25H23N5O2/c1-29-24(31)16-22(18-8-11-26-12-9-18)28-25(29)30-13-14-32-23(17-30)20-6-4-5-19(15-20)21-7-2-3-10-27-21/h2-12,15-16,23H,13-14,17H2,1H3. The van der Waals surface area contributed by atoms with E-state index in [0.29, 0.717) is 31.3 Å². The highest BCUT2D eigenvalue weighted by atomic mass is 16.5. The van der Waals surface area contributed by atoms with E-state index in [-0.39, 0.29) is 11.7 Å². The van der Waals surface area contributed by atoms with E-state index in [1.54, 1.807) is 36.3 Å². The maximum Gasteiger partial charge on any atom is 0.255 e. The van der Waals surface area contributed by atoms with Crippen molar-refractivity contribution in [1.82, 2.24) is 19.5 Å². The number of ether oxygens (including phenoxy) is 1. The zero-order valence-corrected chi connectivity index (χ0v) is 17.8. The van der Waals surface area contributed by atoms with Crippen molar-refractivity contribution in [3.8, 4) is 22.5 Å². The van der Waals surface area contributed by atoms with Gasteiger partial charge in [-0.2, -0.15) is 0 Å². The van der Waals surface area contributed by atoms with Gasteiger partial charge in [0, 0.05) is 49.4 Å². The molecule has 1 aliphatic rings. The summed E-state index contributed by atoms with van der Waals surface area (Å²) in [6, 6.07) is 19.4. The first-order valence-corrected chi connectivity index (χ1v) is 10.6. The van der Waals surface area contributed by atoms with Gasteiger partial charge in [-0.15, -0.1) is 0 Å². The number of morpholine rings is 1. The average molecular weight is 425 g/mol. The summed E-state index contributed by atoms with van der Waals surface area (Å²) < 4.78 is 7.70. The van der Waals surface area contributed by atoms with E-state index < -0.39 is 0 Å². The summed E-state index contributed by atoms with van der Waals surface area (Å²) in [6.45, 7) is 1.82. The first kappa shape index (κ1) is 20.1. The molecule has 0 spiro atoms. The predicted molar refractivity (Wildman–Crippen MR) is 123 cm³/mol. The number of anilines is 1. The van der Waals surface area contributed by atoms with Gasteiger partial charge in [0.05, 0.1) is 24.5 Å². The lowest BCUT2D eigenvalue weighted by Crippen LogP contribution is -2.41. The minimum Gasteiger partial charge on any atom is -0.370 e. The van der Waals surface area contributed by atoms with Crippen LogP contribution in [0.1, 0.15) is 11.7 Å². The fourth-order valence-corrected chi connectivity index (χ4v) is 3.95. The van der Waals surface area contributed by atoms with Crippen molar-refractivity contribution in [1.29, 1.82) is 0 Å². The number of hydrogen-bond donors (Lipinski definition) is 0. The number of benzene rings is 1. The molecule has 0 amide bonds. The summed E-state index contributed by atoms with van der Waals surface area (Å²) in [4.78, 5) is 28.1. The van der Waals surface area contributed by atoms with Crippen molar-refractivity contribution in [3.63, 3.8) is 0 Å². The summed E-state index contributed by atoms with van der Waals surface area (Å²) in [5.74, 6) is 0.637. The lowest BCUT2D eigenvalue weighted by Gasteiger charge is -2.34. The van der Waals surface area contributed by atoms with Gasteiger partial charge in [-0.05, 0) is 35.9 Å². The van der Waals surface area contributed by atoms with E-state index >= 15 is 0 Å². The molecule has 0 bridgehead atoms. The Hall–Kier alpha value is -3.84. The van der Waals surface area contributed by atoms with Crippen LogP contribution in [-0.2, 0) is 11.8 Å². The van der Waals surface area contributed by atoms with Gasteiger partial charge in [0.25, 0.3) is 5.56 Å². The molecular formula is C25H23N5O2. The summed E-state index contributed by atoms with van der Waals surface area (Å²) in [5, 5.41) is 0. The number of aromatic nitrogens is 4. The van der Waals surface area contributed by atoms with Crippen molar-refractivity contribution < 1.29 is 4.74 Å². The van der Waals surface area contributed by atoms with E-state index in [0.717, 1.165) is 22.4 Å². The van der Waals surface area contributed by atoms with Crippen LogP contribution in [0.15, 0.2) is 84.0 Å². The van der Waals surface area contributed by atoms with Crippen molar-refractivity contribution >= 4 is 5.95 Å². The third kappa shape index (κ3) is 4.02. The molecule has 3 aromatic heterocycles. The number of hydrogen-bond acceptors (Lipinski definition) is 6. The molecule has 1 aliphatic heterocycles. The van der Waals surface area contributed by atoms with Gasteiger partial charge in [-0.25, -0.2) is 4.98 Å². The van der Waals surface area contributed by atoms with Gasteiger partial charge in [-0.1, -0.05) is 24.3 Å². The largest absolute Gasteiger partial charge is 0.370 e. The van der Waals surface area contributed by atoms with Crippen LogP contribution in [0.2, 0.25) is 0 Å². The molecule has 5 rings (SSSR count). The lowest BCUT2D eigenvalue weighted by atomic mass is 10.0. The van der Waals surface area contributed by atoms with Gasteiger partial charge in [0.15, 0.2) is 0 Å². The molecule has 1 saturated heterocycles. The van der Waals surface area contributed by atoms with Crippen molar-refractivity contribution in [2.45, 2.75) is 6.10 Å². The minimum atomic E-state index is -0.131. The SMILES string of the molecule is Cn1c(N2CCOC(c3cccc(-c4ccccn4)c3)C2)nc(-c2ccncc2)cc1=O. The monoisotopic (exact) mass is 425 g/mol. The number of rotatable bonds is 4. The smallest absolute Gasteiger partial charge is 0.255 e. The Labute approximate surface area is 186 Å². The summed E-state index contributed by atoms with van der Waals surface area (Å²) in [6.07, 6.45) is 5.07. The van der Waals surface area contributed by atoms with E-state index in [1.165, 1.54) is 0 Å². The van der Waals surface area contributed by atoms with Crippen molar-refractivity contribution in [2.75, 3.05) is 24.6 Å². The molecule has 1 unspecified atom stereocenters. The van der Waals surface area contributed by atoms with E-state index in [1.807, 2.05) is 36.4 Å². The van der Waals surface area contributed by atoms with Gasteiger partial charge in [0.2, 0.25) is 5.95 Å². The molecule has 1 fully saturated rings. The fourth-order valence-electron chi connectivity index (χ4n) is 3.95. The van der Waals surface area contributed by atoms with Crippen LogP contribution in [0.5, 0.6) is 0 Å². The quantitative estimate of drug-likeness (QED) is 0.498. The van der Waals surface area contributed by atoms with E-state index in [2.05, 4.69) is 33.1 Å². The van der Waals surface area contributed by atoms with Crippen LogP contribution in [-0.4, -0.2) is 39.2 Å². The fraction of sp³-hybridized carbons (Fsp3) is 0.200. The topological polar surface area (TPSA) is 73.1 Å². The molecule has 0 aliphatic carbocycles. The highest BCUT2D eigenvalue weighted by Crippen LogP contribution is 2.28. The third-order valence-corrected chi connectivity index (χ3v) is 5.66. The van der Waals surface area contributed by atoms with Crippen LogP contribution in [0.3, 0.4) is 0 Å². The molecule has 1 aromatic carbocycles. The van der Waals surface area contributed by atoms with Crippen molar-refractivity contribution in [2.24, 2.45) is 7.05 Å². The third-order valence-electron chi connectivity index (χ3n) is 5.66. The second-order valence-electron chi connectivity index (χ2n) is 7.72. The van der Waals surface area contributed by atoms with Crippen molar-refractivity contribution in [3.05, 3.63) is 95.2 Å². The second-order valence-corrected chi connectivity index (χ2v) is 7.72. The Morgan fingerprint density at radius 2 is 1.81 bits per heavy atom. The maximum atomic E-state index is 12.7. The lowest BCUT2D eigenvalue weighted by molar-refractivity contribution is 0.0390. The van der Waals surface area contributed by atoms with Gasteiger partial charge < -0.3 is 9.64 Å². The summed E-state index contributed by atoms with van der Waals surface area (Å²) in [5.41, 5.74) is 4.47. The Kier molecular flexibility index (Phi) is 5.47. The predicted octanol–water partition coefficient (Wildman–Crippen LogP) is 3.48. The Bertz CT molecular complexity index is 1270. The molecule has 4 aromatic rings. The Balaban J connectivity index is 1.45. The highest BCUT2D eigenvalue weighted by molar-refractivity contribution is 5.61. The van der Waals surface area contributed by atoms with Crippen LogP contribution in [0.25, 0.3) is 22.5 Å². The first-order chi connectivity index (χ1) is 15.7. The normalized spacial score (nSPS) is 16.2. The molecule has 0 saturated carbocycles. The molecule has 0 N–H and O–H groups in total. The van der Waals surface area contributed by atoms with Gasteiger partial charge in [0.1, 0.15) is 6.10 Å². The molecule has 4 heterocycles. The molecule has 0 radical (unpaired) electrons. The zero-order valence-electron chi connectivity index (χ0n) is 17.8. The highest BCUT2D eigenvalue weighted by Gasteiger charge is 2.25. The van der Waals surface area contributed by atoms with Crippen LogP contribution in [0.4, 0.5) is 5.95 Å². The Morgan fingerprint density at radius 1 is 0.938 bits per heavy atom. The zero-order chi connectivity index (χ0) is 21.9. The van der Waals surface area contributed by atoms with Gasteiger partial charge in [-0.3, -0.25) is 19.3 Å². The summed E-state index contributed by atoms with van der Waals surface area (Å²) >= 11 is 0. The summed E-state index contributed by atoms with van der Waals surface area (Å²) in [7, 11) is 1.76. The van der Waals surface area contributed by atoms with Crippen LogP contribution in [0, 0.1) is 0 Å². The minimum absolute atomic E-state index is 0.0954. The van der Waals surface area contributed by atoms with E-state index in [4.69, 9.17) is 9.72 Å². The Morgan fingerprint density at radius 3 is 2.62 bits per heavy atom. The van der Waals surface area contributed by atoms with Crippen LogP contribution >= 0.6 is 0 Å². The molecule has 1 atom stereocenters. The van der Waals surface area contributed by atoms with E-state index in [9.17, 15) is 4.79 Å². The molecular weight excluding hydrogens is 402 g/mol.